The molecule has 1 saturated carbocycles. The van der Waals surface area contributed by atoms with Crippen molar-refractivity contribution in [3.63, 3.8) is 0 Å². The Bertz CT molecular complexity index is 759. The van der Waals surface area contributed by atoms with Crippen LogP contribution in [-0.4, -0.2) is 72.5 Å². The lowest BCUT2D eigenvalue weighted by atomic mass is 9.89. The van der Waals surface area contributed by atoms with Crippen molar-refractivity contribution in [3.05, 3.63) is 0 Å². The lowest BCUT2D eigenvalue weighted by molar-refractivity contribution is -0.125. The first-order valence-corrected chi connectivity index (χ1v) is 13.8. The number of nitrogens with one attached hydrogen (secondary N) is 2. The van der Waals surface area contributed by atoms with Crippen molar-refractivity contribution in [2.24, 2.45) is 11.8 Å². The molecule has 0 aromatic carbocycles. The number of aliphatic hydroxyl groups excluding tert-OH is 1. The van der Waals surface area contributed by atoms with E-state index in [1.807, 2.05) is 13.8 Å². The van der Waals surface area contributed by atoms with E-state index in [0.29, 0.717) is 18.9 Å². The van der Waals surface area contributed by atoms with Crippen LogP contribution in [0.3, 0.4) is 0 Å². The zero-order chi connectivity index (χ0) is 24.8. The van der Waals surface area contributed by atoms with Gasteiger partial charge in [0.1, 0.15) is 11.6 Å². The molecule has 0 aromatic rings. The largest absolute Gasteiger partial charge is 0.444 e. The van der Waals surface area contributed by atoms with E-state index in [2.05, 4.69) is 10.6 Å². The van der Waals surface area contributed by atoms with Crippen LogP contribution in [0.4, 0.5) is 4.79 Å². The molecule has 1 saturated heterocycles. The smallest absolute Gasteiger partial charge is 0.408 e. The van der Waals surface area contributed by atoms with Crippen molar-refractivity contribution in [2.75, 3.05) is 18.8 Å². The van der Waals surface area contributed by atoms with E-state index < -0.39 is 45.8 Å². The normalized spacial score (nSPS) is 25.8. The van der Waals surface area contributed by atoms with Gasteiger partial charge in [-0.05, 0) is 58.3 Å². The highest BCUT2D eigenvalue weighted by molar-refractivity contribution is 7.89. The molecule has 0 spiro atoms. The molecule has 3 atom stereocenters. The Kier molecular flexibility index (Phi) is 9.99. The molecule has 0 bridgehead atoms. The molecule has 3 N–H and O–H groups in total. The maximum Gasteiger partial charge on any atom is 0.408 e. The SMILES string of the molecule is CC(C)C[C@H](NC(=O)OC(C)(C)C)C(=O)NC1CCS(=O)(=O)N(CC2CCCCC2)CC1O. The van der Waals surface area contributed by atoms with Crippen LogP contribution >= 0.6 is 0 Å². The van der Waals surface area contributed by atoms with Gasteiger partial charge in [0, 0.05) is 13.1 Å². The molecule has 0 aromatic heterocycles. The molecule has 1 aliphatic heterocycles. The number of alkyl carbamates (subject to hydrolysis) is 1. The molecule has 9 nitrogen and oxygen atoms in total. The first-order valence-electron chi connectivity index (χ1n) is 12.2. The fourth-order valence-corrected chi connectivity index (χ4v) is 6.12. The molecule has 192 valence electrons. The summed E-state index contributed by atoms with van der Waals surface area (Å²) in [6, 6.07) is -1.55. The second-order valence-corrected chi connectivity index (χ2v) is 13.0. The minimum Gasteiger partial charge on any atom is -0.444 e. The van der Waals surface area contributed by atoms with Crippen molar-refractivity contribution in [2.45, 2.75) is 103 Å². The molecule has 10 heteroatoms. The number of nitrogens with zero attached hydrogens (tertiary/aromatic N) is 1. The molecule has 33 heavy (non-hydrogen) atoms. The van der Waals surface area contributed by atoms with Crippen LogP contribution in [0, 0.1) is 11.8 Å². The van der Waals surface area contributed by atoms with E-state index in [1.165, 1.54) is 10.7 Å². The number of sulfonamides is 1. The quantitative estimate of drug-likeness (QED) is 0.504. The topological polar surface area (TPSA) is 125 Å². The first kappa shape index (κ1) is 27.9. The Morgan fingerprint density at radius 3 is 2.33 bits per heavy atom. The van der Waals surface area contributed by atoms with Crippen LogP contribution in [0.5, 0.6) is 0 Å². The maximum absolute atomic E-state index is 13.0. The summed E-state index contributed by atoms with van der Waals surface area (Å²) in [5.74, 6) is -0.131. The summed E-state index contributed by atoms with van der Waals surface area (Å²) >= 11 is 0. The zero-order valence-electron chi connectivity index (χ0n) is 20.8. The summed E-state index contributed by atoms with van der Waals surface area (Å²) in [5.41, 5.74) is -0.698. The molecule has 1 aliphatic carbocycles. The van der Waals surface area contributed by atoms with Crippen LogP contribution in [0.25, 0.3) is 0 Å². The second-order valence-electron chi connectivity index (χ2n) is 10.9. The number of β-amino-alcohol motifs (C(OH)–C–C–N with tert-alkyl or cyclic N) is 1. The first-order chi connectivity index (χ1) is 15.3. The molecule has 1 heterocycles. The second kappa shape index (κ2) is 11.8. The van der Waals surface area contributed by atoms with Gasteiger partial charge < -0.3 is 20.5 Å². The molecule has 2 fully saturated rings. The number of amides is 2. The molecule has 2 rings (SSSR count). The fraction of sp³-hybridized carbons (Fsp3) is 0.913. The Balaban J connectivity index is 2.04. The van der Waals surface area contributed by atoms with Gasteiger partial charge in [-0.15, -0.1) is 0 Å². The standard InChI is InChI=1S/C23H43N3O6S/c1-16(2)13-19(25-22(29)32-23(3,4)5)21(28)24-18-11-12-33(30,31)26(15-20(18)27)14-17-9-7-6-8-10-17/h16-20,27H,6-15H2,1-5H3,(H,24,28)(H,25,29)/t18?,19-,20?/m0/s1. The summed E-state index contributed by atoms with van der Waals surface area (Å²) in [5, 5.41) is 16.2. The van der Waals surface area contributed by atoms with Crippen LogP contribution in [0.2, 0.25) is 0 Å². The van der Waals surface area contributed by atoms with E-state index in [0.717, 1.165) is 25.7 Å². The molecular formula is C23H43N3O6S. The predicted molar refractivity (Wildman–Crippen MR) is 127 cm³/mol. The lowest BCUT2D eigenvalue weighted by Gasteiger charge is -2.30. The van der Waals surface area contributed by atoms with E-state index in [-0.39, 0.29) is 24.6 Å². The summed E-state index contributed by atoms with van der Waals surface area (Å²) in [6.07, 6.45) is 4.24. The molecule has 0 radical (unpaired) electrons. The van der Waals surface area contributed by atoms with Crippen molar-refractivity contribution in [3.8, 4) is 0 Å². The summed E-state index contributed by atoms with van der Waals surface area (Å²) < 4.78 is 32.4. The van der Waals surface area contributed by atoms with Gasteiger partial charge in [-0.1, -0.05) is 33.1 Å². The number of carbonyl (C=O) groups is 2. The third-order valence-electron chi connectivity index (χ3n) is 6.16. The van der Waals surface area contributed by atoms with Crippen molar-refractivity contribution < 1.29 is 27.9 Å². The number of rotatable bonds is 7. The van der Waals surface area contributed by atoms with Crippen LogP contribution in [0.15, 0.2) is 0 Å². The predicted octanol–water partition coefficient (Wildman–Crippen LogP) is 2.39. The Hall–Kier alpha value is -1.39. The van der Waals surface area contributed by atoms with Gasteiger partial charge in [-0.3, -0.25) is 4.79 Å². The summed E-state index contributed by atoms with van der Waals surface area (Å²) in [7, 11) is -3.51. The summed E-state index contributed by atoms with van der Waals surface area (Å²) in [4.78, 5) is 25.2. The summed E-state index contributed by atoms with van der Waals surface area (Å²) in [6.45, 7) is 9.50. The number of hydrogen-bond acceptors (Lipinski definition) is 6. The highest BCUT2D eigenvalue weighted by Crippen LogP contribution is 2.27. The number of ether oxygens (including phenoxy) is 1. The van der Waals surface area contributed by atoms with E-state index >= 15 is 0 Å². The Morgan fingerprint density at radius 2 is 1.76 bits per heavy atom. The van der Waals surface area contributed by atoms with Crippen LogP contribution in [0.1, 0.15) is 79.6 Å². The van der Waals surface area contributed by atoms with E-state index in [1.54, 1.807) is 20.8 Å². The third kappa shape index (κ3) is 9.41. The van der Waals surface area contributed by atoms with Gasteiger partial charge in [0.15, 0.2) is 0 Å². The number of hydrogen-bond donors (Lipinski definition) is 3. The Labute approximate surface area is 199 Å². The van der Waals surface area contributed by atoms with Crippen molar-refractivity contribution in [1.82, 2.24) is 14.9 Å². The van der Waals surface area contributed by atoms with Crippen LogP contribution < -0.4 is 10.6 Å². The Morgan fingerprint density at radius 1 is 1.12 bits per heavy atom. The molecule has 2 unspecified atom stereocenters. The van der Waals surface area contributed by atoms with Crippen molar-refractivity contribution >= 4 is 22.0 Å². The monoisotopic (exact) mass is 489 g/mol. The average Bonchev–Trinajstić information content (AvgIpc) is 2.78. The van der Waals surface area contributed by atoms with Gasteiger partial charge >= 0.3 is 6.09 Å². The van der Waals surface area contributed by atoms with Crippen LogP contribution in [-0.2, 0) is 19.6 Å². The van der Waals surface area contributed by atoms with Gasteiger partial charge in [0.05, 0.1) is 17.9 Å². The number of carbonyl (C=O) groups excluding carboxylic acids is 2. The fourth-order valence-electron chi connectivity index (χ4n) is 4.50. The minimum absolute atomic E-state index is 0.0296. The zero-order valence-corrected chi connectivity index (χ0v) is 21.6. The highest BCUT2D eigenvalue weighted by Gasteiger charge is 2.37. The maximum atomic E-state index is 13.0. The van der Waals surface area contributed by atoms with Crippen molar-refractivity contribution in [1.29, 1.82) is 0 Å². The third-order valence-corrected chi connectivity index (χ3v) is 8.00. The van der Waals surface area contributed by atoms with E-state index in [4.69, 9.17) is 4.74 Å². The van der Waals surface area contributed by atoms with Gasteiger partial charge in [0.2, 0.25) is 15.9 Å². The van der Waals surface area contributed by atoms with Gasteiger partial charge in [0.25, 0.3) is 0 Å². The van der Waals surface area contributed by atoms with Gasteiger partial charge in [-0.2, -0.15) is 4.31 Å². The minimum atomic E-state index is -3.51. The van der Waals surface area contributed by atoms with E-state index in [9.17, 15) is 23.1 Å². The number of aliphatic hydroxyl groups is 1. The molecule has 2 amide bonds. The average molecular weight is 490 g/mol. The van der Waals surface area contributed by atoms with Gasteiger partial charge in [-0.25, -0.2) is 13.2 Å². The highest BCUT2D eigenvalue weighted by atomic mass is 32.2. The molecule has 2 aliphatic rings. The molecular weight excluding hydrogens is 446 g/mol. The lowest BCUT2D eigenvalue weighted by Crippen LogP contribution is -2.54.